The number of amides is 2. The third-order valence-corrected chi connectivity index (χ3v) is 5.39. The summed E-state index contributed by atoms with van der Waals surface area (Å²) in [6.45, 7) is 6.52. The first kappa shape index (κ1) is 22.7. The number of rotatable bonds is 10. The summed E-state index contributed by atoms with van der Waals surface area (Å²) in [6, 6.07) is 15.5. The van der Waals surface area contributed by atoms with Gasteiger partial charge in [0.15, 0.2) is 0 Å². The molecule has 31 heavy (non-hydrogen) atoms. The molecule has 2 aromatic rings. The maximum Gasteiger partial charge on any atom is 0.226 e. The van der Waals surface area contributed by atoms with Crippen molar-refractivity contribution in [2.24, 2.45) is 0 Å². The Balaban J connectivity index is 1.44. The van der Waals surface area contributed by atoms with Crippen molar-refractivity contribution in [2.45, 2.75) is 52.0 Å². The van der Waals surface area contributed by atoms with E-state index < -0.39 is 0 Å². The van der Waals surface area contributed by atoms with Crippen molar-refractivity contribution >= 4 is 23.2 Å². The molecule has 1 saturated heterocycles. The van der Waals surface area contributed by atoms with Crippen LogP contribution in [0.5, 0.6) is 5.75 Å². The average Bonchev–Trinajstić information content (AvgIpc) is 3.28. The van der Waals surface area contributed by atoms with Crippen LogP contribution in [0.2, 0.25) is 0 Å². The Kier molecular flexibility index (Phi) is 8.33. The Hall–Kier alpha value is -3.02. The van der Waals surface area contributed by atoms with E-state index in [-0.39, 0.29) is 24.3 Å². The maximum atomic E-state index is 12.4. The number of benzene rings is 2. The van der Waals surface area contributed by atoms with Crippen molar-refractivity contribution in [3.8, 4) is 5.75 Å². The number of aryl methyl sites for hydroxylation is 1. The van der Waals surface area contributed by atoms with Crippen LogP contribution in [0.1, 0.15) is 45.1 Å². The molecule has 166 valence electrons. The number of carbonyl (C=O) groups excluding carboxylic acids is 2. The molecule has 0 aromatic heterocycles. The summed E-state index contributed by atoms with van der Waals surface area (Å²) in [7, 11) is 0. The van der Waals surface area contributed by atoms with Crippen LogP contribution in [-0.2, 0) is 16.0 Å². The van der Waals surface area contributed by atoms with Crippen LogP contribution in [0.25, 0.3) is 0 Å². The highest BCUT2D eigenvalue weighted by molar-refractivity contribution is 5.92. The van der Waals surface area contributed by atoms with Gasteiger partial charge in [-0.25, -0.2) is 0 Å². The van der Waals surface area contributed by atoms with Gasteiger partial charge >= 0.3 is 0 Å². The van der Waals surface area contributed by atoms with Gasteiger partial charge in [0.2, 0.25) is 11.8 Å². The molecule has 2 amide bonds. The Labute approximate surface area is 185 Å². The monoisotopic (exact) mass is 423 g/mol. The molecular weight excluding hydrogens is 390 g/mol. The van der Waals surface area contributed by atoms with E-state index in [1.165, 1.54) is 12.8 Å². The van der Waals surface area contributed by atoms with Crippen molar-refractivity contribution in [3.05, 3.63) is 54.1 Å². The minimum Gasteiger partial charge on any atom is -0.494 e. The summed E-state index contributed by atoms with van der Waals surface area (Å²) >= 11 is 0. The average molecular weight is 424 g/mol. The number of carbonyl (C=O) groups is 2. The number of hydrogen-bond acceptors (Lipinski definition) is 4. The van der Waals surface area contributed by atoms with Gasteiger partial charge in [-0.15, -0.1) is 0 Å². The number of ether oxygens (including phenoxy) is 1. The van der Waals surface area contributed by atoms with Crippen LogP contribution in [0.3, 0.4) is 0 Å². The summed E-state index contributed by atoms with van der Waals surface area (Å²) in [5.74, 6) is 0.650. The number of nitrogens with zero attached hydrogens (tertiary/aromatic N) is 1. The molecular formula is C25H33N3O3. The summed E-state index contributed by atoms with van der Waals surface area (Å²) in [4.78, 5) is 27.1. The van der Waals surface area contributed by atoms with E-state index in [2.05, 4.69) is 21.6 Å². The highest BCUT2D eigenvalue weighted by Crippen LogP contribution is 2.23. The maximum absolute atomic E-state index is 12.4. The van der Waals surface area contributed by atoms with E-state index in [9.17, 15) is 9.59 Å². The van der Waals surface area contributed by atoms with Gasteiger partial charge in [-0.3, -0.25) is 9.59 Å². The molecule has 1 unspecified atom stereocenters. The van der Waals surface area contributed by atoms with Crippen molar-refractivity contribution in [1.29, 1.82) is 0 Å². The summed E-state index contributed by atoms with van der Waals surface area (Å²) in [5.41, 5.74) is 2.95. The molecule has 0 aliphatic carbocycles. The summed E-state index contributed by atoms with van der Waals surface area (Å²) in [5, 5.41) is 5.88. The Morgan fingerprint density at radius 3 is 2.61 bits per heavy atom. The molecule has 6 heteroatoms. The minimum atomic E-state index is -0.239. The second-order valence-electron chi connectivity index (χ2n) is 8.01. The second kappa shape index (κ2) is 11.4. The zero-order chi connectivity index (χ0) is 22.1. The van der Waals surface area contributed by atoms with Crippen LogP contribution in [-0.4, -0.2) is 37.6 Å². The fourth-order valence-electron chi connectivity index (χ4n) is 3.90. The molecule has 1 aliphatic rings. The quantitative estimate of drug-likeness (QED) is 0.602. The lowest BCUT2D eigenvalue weighted by molar-refractivity contribution is -0.122. The van der Waals surface area contributed by atoms with Gasteiger partial charge < -0.3 is 20.3 Å². The molecule has 0 bridgehead atoms. The van der Waals surface area contributed by atoms with Crippen molar-refractivity contribution in [3.63, 3.8) is 0 Å². The first-order valence-electron chi connectivity index (χ1n) is 11.2. The molecule has 3 rings (SSSR count). The van der Waals surface area contributed by atoms with Gasteiger partial charge in [-0.1, -0.05) is 24.3 Å². The van der Waals surface area contributed by atoms with Gasteiger partial charge in [0.25, 0.3) is 0 Å². The van der Waals surface area contributed by atoms with Gasteiger partial charge in [0, 0.05) is 43.3 Å². The fraction of sp³-hybridized carbons (Fsp3) is 0.440. The predicted molar refractivity (Wildman–Crippen MR) is 125 cm³/mol. The Bertz CT molecular complexity index is 878. The molecule has 6 nitrogen and oxygen atoms in total. The molecule has 0 saturated carbocycles. The minimum absolute atomic E-state index is 0.0670. The van der Waals surface area contributed by atoms with Crippen molar-refractivity contribution in [1.82, 2.24) is 5.32 Å². The van der Waals surface area contributed by atoms with E-state index in [0.717, 1.165) is 35.8 Å². The van der Waals surface area contributed by atoms with E-state index in [1.807, 2.05) is 56.3 Å². The molecule has 0 radical (unpaired) electrons. The molecule has 2 N–H and O–H groups in total. The SMILES string of the molecule is CCOc1ccccc1CCC(=O)NC(C)CC(=O)Nc1cccc(N2CCCC2)c1. The zero-order valence-corrected chi connectivity index (χ0v) is 18.5. The highest BCUT2D eigenvalue weighted by Gasteiger charge is 2.15. The Morgan fingerprint density at radius 2 is 1.84 bits per heavy atom. The van der Waals surface area contributed by atoms with E-state index in [0.29, 0.717) is 19.4 Å². The van der Waals surface area contributed by atoms with E-state index in [4.69, 9.17) is 4.74 Å². The fourth-order valence-corrected chi connectivity index (χ4v) is 3.90. The largest absolute Gasteiger partial charge is 0.494 e. The van der Waals surface area contributed by atoms with Gasteiger partial charge in [-0.05, 0) is 62.9 Å². The second-order valence-corrected chi connectivity index (χ2v) is 8.01. The zero-order valence-electron chi connectivity index (χ0n) is 18.5. The first-order chi connectivity index (χ1) is 15.0. The lowest BCUT2D eigenvalue weighted by Crippen LogP contribution is -2.35. The Morgan fingerprint density at radius 1 is 1.06 bits per heavy atom. The standard InChI is InChI=1S/C25H33N3O3/c1-3-31-23-12-5-4-9-20(23)13-14-24(29)26-19(2)17-25(30)27-21-10-8-11-22(18-21)28-15-6-7-16-28/h4-5,8-12,18-19H,3,6-7,13-17H2,1-2H3,(H,26,29)(H,27,30). The number of anilines is 2. The molecule has 1 heterocycles. The van der Waals surface area contributed by atoms with E-state index >= 15 is 0 Å². The predicted octanol–water partition coefficient (Wildman–Crippen LogP) is 4.15. The van der Waals surface area contributed by atoms with Crippen LogP contribution >= 0.6 is 0 Å². The first-order valence-corrected chi connectivity index (χ1v) is 11.2. The van der Waals surface area contributed by atoms with Crippen molar-refractivity contribution < 1.29 is 14.3 Å². The highest BCUT2D eigenvalue weighted by atomic mass is 16.5. The summed E-state index contributed by atoms with van der Waals surface area (Å²) < 4.78 is 5.61. The van der Waals surface area contributed by atoms with Gasteiger partial charge in [0.05, 0.1) is 6.61 Å². The lowest BCUT2D eigenvalue weighted by Gasteiger charge is -2.19. The van der Waals surface area contributed by atoms with Crippen LogP contribution in [0, 0.1) is 0 Å². The topological polar surface area (TPSA) is 70.7 Å². The molecule has 1 fully saturated rings. The molecule has 2 aromatic carbocycles. The molecule has 0 spiro atoms. The number of hydrogen-bond donors (Lipinski definition) is 2. The molecule has 1 aliphatic heterocycles. The molecule has 1 atom stereocenters. The number of nitrogens with one attached hydrogen (secondary N) is 2. The number of para-hydroxylation sites is 1. The van der Waals surface area contributed by atoms with Crippen LogP contribution in [0.4, 0.5) is 11.4 Å². The third kappa shape index (κ3) is 7.02. The lowest BCUT2D eigenvalue weighted by atomic mass is 10.1. The normalized spacial score (nSPS) is 14.2. The van der Waals surface area contributed by atoms with Gasteiger partial charge in [-0.2, -0.15) is 0 Å². The van der Waals surface area contributed by atoms with Crippen LogP contribution in [0.15, 0.2) is 48.5 Å². The summed E-state index contributed by atoms with van der Waals surface area (Å²) in [6.07, 6.45) is 3.61. The van der Waals surface area contributed by atoms with Crippen molar-refractivity contribution in [2.75, 3.05) is 29.9 Å². The van der Waals surface area contributed by atoms with Gasteiger partial charge in [0.1, 0.15) is 5.75 Å². The van der Waals surface area contributed by atoms with E-state index in [1.54, 1.807) is 0 Å². The van der Waals surface area contributed by atoms with Crippen LogP contribution < -0.4 is 20.3 Å². The smallest absolute Gasteiger partial charge is 0.226 e. The third-order valence-electron chi connectivity index (χ3n) is 5.39.